The SMILES string of the molecule is CC1CCN(S(=O)(=O)NCC(Br)CC(C)(C)C)CC1. The third-order valence-corrected chi connectivity index (χ3v) is 5.63. The van der Waals surface area contributed by atoms with Gasteiger partial charge in [0.25, 0.3) is 10.2 Å². The minimum Gasteiger partial charge on any atom is -0.201 e. The molecule has 19 heavy (non-hydrogen) atoms. The van der Waals surface area contributed by atoms with Crippen molar-refractivity contribution < 1.29 is 8.42 Å². The lowest BCUT2D eigenvalue weighted by atomic mass is 9.91. The molecule has 114 valence electrons. The van der Waals surface area contributed by atoms with E-state index in [0.717, 1.165) is 19.3 Å². The smallest absolute Gasteiger partial charge is 0.201 e. The van der Waals surface area contributed by atoms with Gasteiger partial charge in [0.1, 0.15) is 0 Å². The third kappa shape index (κ3) is 6.56. The molecule has 0 aliphatic carbocycles. The van der Waals surface area contributed by atoms with Gasteiger partial charge in [-0.05, 0) is 30.6 Å². The molecule has 1 fully saturated rings. The van der Waals surface area contributed by atoms with E-state index < -0.39 is 10.2 Å². The van der Waals surface area contributed by atoms with E-state index in [0.29, 0.717) is 25.6 Å². The maximum absolute atomic E-state index is 12.2. The first-order chi connectivity index (χ1) is 8.60. The van der Waals surface area contributed by atoms with E-state index >= 15 is 0 Å². The van der Waals surface area contributed by atoms with E-state index in [1.807, 2.05) is 0 Å². The molecule has 1 saturated heterocycles. The highest BCUT2D eigenvalue weighted by atomic mass is 79.9. The molecule has 0 saturated carbocycles. The van der Waals surface area contributed by atoms with Crippen LogP contribution in [0.15, 0.2) is 0 Å². The molecule has 1 aliphatic heterocycles. The van der Waals surface area contributed by atoms with E-state index in [4.69, 9.17) is 0 Å². The van der Waals surface area contributed by atoms with Crippen LogP contribution in [-0.2, 0) is 10.2 Å². The highest BCUT2D eigenvalue weighted by molar-refractivity contribution is 9.09. The van der Waals surface area contributed by atoms with Crippen LogP contribution in [0.4, 0.5) is 0 Å². The zero-order valence-corrected chi connectivity index (χ0v) is 14.8. The normalized spacial score (nSPS) is 21.5. The summed E-state index contributed by atoms with van der Waals surface area (Å²) in [6.07, 6.45) is 2.85. The number of rotatable bonds is 5. The largest absolute Gasteiger partial charge is 0.279 e. The van der Waals surface area contributed by atoms with Crippen molar-refractivity contribution in [3.8, 4) is 0 Å². The molecule has 0 aromatic heterocycles. The molecule has 4 nitrogen and oxygen atoms in total. The van der Waals surface area contributed by atoms with Crippen molar-refractivity contribution in [3.05, 3.63) is 0 Å². The number of nitrogens with zero attached hydrogens (tertiary/aromatic N) is 1. The fraction of sp³-hybridized carbons (Fsp3) is 1.00. The van der Waals surface area contributed by atoms with Crippen LogP contribution in [0.1, 0.15) is 47.0 Å². The zero-order chi connectivity index (χ0) is 14.7. The van der Waals surface area contributed by atoms with Crippen LogP contribution in [0.5, 0.6) is 0 Å². The van der Waals surface area contributed by atoms with Crippen molar-refractivity contribution in [2.45, 2.75) is 51.8 Å². The zero-order valence-electron chi connectivity index (χ0n) is 12.4. The molecule has 0 amide bonds. The number of nitrogens with one attached hydrogen (secondary N) is 1. The second-order valence-electron chi connectivity index (χ2n) is 6.80. The molecule has 1 N–H and O–H groups in total. The Morgan fingerprint density at radius 1 is 1.32 bits per heavy atom. The summed E-state index contributed by atoms with van der Waals surface area (Å²) in [5, 5.41) is 0. The van der Waals surface area contributed by atoms with Crippen LogP contribution in [-0.4, -0.2) is 37.2 Å². The fourth-order valence-electron chi connectivity index (χ4n) is 2.25. The van der Waals surface area contributed by atoms with Gasteiger partial charge >= 0.3 is 0 Å². The highest BCUT2D eigenvalue weighted by Gasteiger charge is 2.27. The number of hydrogen-bond donors (Lipinski definition) is 1. The summed E-state index contributed by atoms with van der Waals surface area (Å²) in [5.74, 6) is 0.635. The lowest BCUT2D eigenvalue weighted by Gasteiger charge is -2.30. The van der Waals surface area contributed by atoms with Crippen molar-refractivity contribution in [1.82, 2.24) is 9.03 Å². The molecular weight excluding hydrogens is 328 g/mol. The van der Waals surface area contributed by atoms with Crippen LogP contribution >= 0.6 is 15.9 Å². The maximum Gasteiger partial charge on any atom is 0.279 e. The first-order valence-electron chi connectivity index (χ1n) is 6.99. The van der Waals surface area contributed by atoms with Crippen molar-refractivity contribution in [1.29, 1.82) is 0 Å². The maximum atomic E-state index is 12.2. The predicted molar refractivity (Wildman–Crippen MR) is 83.7 cm³/mol. The minimum absolute atomic E-state index is 0.172. The molecule has 0 bridgehead atoms. The lowest BCUT2D eigenvalue weighted by molar-refractivity contribution is 0.284. The molecule has 6 heteroatoms. The van der Waals surface area contributed by atoms with Crippen molar-refractivity contribution in [3.63, 3.8) is 0 Å². The minimum atomic E-state index is -3.30. The highest BCUT2D eigenvalue weighted by Crippen LogP contribution is 2.24. The molecule has 1 aliphatic rings. The standard InChI is InChI=1S/C13H27BrN2O2S/c1-11-5-7-16(8-6-11)19(17,18)15-10-12(14)9-13(2,3)4/h11-12,15H,5-10H2,1-4H3. The molecule has 0 spiro atoms. The Balaban J connectivity index is 2.43. The van der Waals surface area contributed by atoms with Crippen LogP contribution < -0.4 is 4.72 Å². The second-order valence-corrected chi connectivity index (χ2v) is 9.85. The van der Waals surface area contributed by atoms with Crippen molar-refractivity contribution in [2.24, 2.45) is 11.3 Å². The average Bonchev–Trinajstić information content (AvgIpc) is 2.25. The Morgan fingerprint density at radius 2 is 1.84 bits per heavy atom. The summed E-state index contributed by atoms with van der Waals surface area (Å²) in [6.45, 7) is 10.4. The Kier molecular flexibility index (Phi) is 6.29. The molecule has 0 radical (unpaired) electrons. The number of halogens is 1. The molecule has 1 heterocycles. The van der Waals surface area contributed by atoms with Gasteiger partial charge in [-0.15, -0.1) is 0 Å². The summed E-state index contributed by atoms with van der Waals surface area (Å²) in [7, 11) is -3.30. The first-order valence-corrected chi connectivity index (χ1v) is 9.34. The van der Waals surface area contributed by atoms with Gasteiger partial charge in [-0.3, -0.25) is 0 Å². The molecular formula is C13H27BrN2O2S. The van der Waals surface area contributed by atoms with Gasteiger partial charge in [-0.25, -0.2) is 4.72 Å². The van der Waals surface area contributed by atoms with Gasteiger partial charge in [-0.1, -0.05) is 43.6 Å². The first kappa shape index (κ1) is 17.4. The summed E-state index contributed by atoms with van der Waals surface area (Å²) in [4.78, 5) is 0.172. The molecule has 1 atom stereocenters. The monoisotopic (exact) mass is 354 g/mol. The van der Waals surface area contributed by atoms with Crippen LogP contribution in [0.3, 0.4) is 0 Å². The molecule has 1 unspecified atom stereocenters. The lowest BCUT2D eigenvalue weighted by Crippen LogP contribution is -2.46. The van der Waals surface area contributed by atoms with Gasteiger partial charge in [0.2, 0.25) is 0 Å². The van der Waals surface area contributed by atoms with Crippen LogP contribution in [0, 0.1) is 11.3 Å². The summed E-state index contributed by atoms with van der Waals surface area (Å²) < 4.78 is 28.6. The topological polar surface area (TPSA) is 49.4 Å². The van der Waals surface area contributed by atoms with E-state index in [-0.39, 0.29) is 10.2 Å². The number of alkyl halides is 1. The third-order valence-electron chi connectivity index (χ3n) is 3.40. The van der Waals surface area contributed by atoms with Crippen LogP contribution in [0.25, 0.3) is 0 Å². The summed E-state index contributed by atoms with van der Waals surface area (Å²) in [6, 6.07) is 0. The molecule has 1 rings (SSSR count). The number of piperidine rings is 1. The van der Waals surface area contributed by atoms with E-state index in [2.05, 4.69) is 48.3 Å². The number of hydrogen-bond acceptors (Lipinski definition) is 2. The van der Waals surface area contributed by atoms with Crippen molar-refractivity contribution >= 4 is 26.1 Å². The summed E-state index contributed by atoms with van der Waals surface area (Å²) >= 11 is 3.55. The van der Waals surface area contributed by atoms with Gasteiger partial charge in [0, 0.05) is 24.5 Å². The summed E-state index contributed by atoms with van der Waals surface area (Å²) in [5.41, 5.74) is 0.195. The van der Waals surface area contributed by atoms with E-state index in [1.54, 1.807) is 4.31 Å². The Hall–Kier alpha value is 0.350. The van der Waals surface area contributed by atoms with Gasteiger partial charge in [0.05, 0.1) is 0 Å². The predicted octanol–water partition coefficient (Wildman–Crippen LogP) is 2.75. The average molecular weight is 355 g/mol. The van der Waals surface area contributed by atoms with Crippen molar-refractivity contribution in [2.75, 3.05) is 19.6 Å². The molecule has 0 aromatic rings. The van der Waals surface area contributed by atoms with E-state index in [1.165, 1.54) is 0 Å². The Morgan fingerprint density at radius 3 is 2.32 bits per heavy atom. The Bertz CT molecular complexity index is 371. The Labute approximate surface area is 126 Å². The van der Waals surface area contributed by atoms with Crippen LogP contribution in [0.2, 0.25) is 0 Å². The molecule has 0 aromatic carbocycles. The quantitative estimate of drug-likeness (QED) is 0.771. The van der Waals surface area contributed by atoms with Gasteiger partial charge < -0.3 is 0 Å². The van der Waals surface area contributed by atoms with E-state index in [9.17, 15) is 8.42 Å². The van der Waals surface area contributed by atoms with Gasteiger partial charge in [-0.2, -0.15) is 12.7 Å². The van der Waals surface area contributed by atoms with Gasteiger partial charge in [0.15, 0.2) is 0 Å². The second kappa shape index (κ2) is 6.87. The fourth-order valence-corrected chi connectivity index (χ4v) is 4.88.